The molecule has 100 valence electrons. The summed E-state index contributed by atoms with van der Waals surface area (Å²) in [5.74, 6) is 0.820. The second kappa shape index (κ2) is 5.72. The molecule has 0 amide bonds. The van der Waals surface area contributed by atoms with E-state index in [4.69, 9.17) is 16.3 Å². The van der Waals surface area contributed by atoms with Gasteiger partial charge < -0.3 is 4.74 Å². The molecule has 0 aliphatic heterocycles. The summed E-state index contributed by atoms with van der Waals surface area (Å²) in [6.07, 6.45) is 2.00. The summed E-state index contributed by atoms with van der Waals surface area (Å²) in [6.45, 7) is 3.85. The van der Waals surface area contributed by atoms with Gasteiger partial charge in [-0.1, -0.05) is 11.6 Å². The predicted molar refractivity (Wildman–Crippen MR) is 77.6 cm³/mol. The van der Waals surface area contributed by atoms with E-state index in [-0.39, 0.29) is 12.2 Å². The van der Waals surface area contributed by atoms with E-state index in [1.807, 2.05) is 13.8 Å². The lowest BCUT2D eigenvalue weighted by Gasteiger charge is -2.11. The van der Waals surface area contributed by atoms with Gasteiger partial charge in [-0.15, -0.1) is 11.3 Å². The van der Waals surface area contributed by atoms with E-state index in [0.29, 0.717) is 9.21 Å². The highest BCUT2D eigenvalue weighted by molar-refractivity contribution is 7.18. The minimum Gasteiger partial charge on any atom is -0.496 e. The number of thiophene rings is 1. The molecule has 2 aromatic heterocycles. The molecule has 0 radical (unpaired) electrons. The zero-order valence-corrected chi connectivity index (χ0v) is 12.6. The number of ketones is 1. The Morgan fingerprint density at radius 1 is 1.42 bits per heavy atom. The molecule has 2 heterocycles. The summed E-state index contributed by atoms with van der Waals surface area (Å²) in [7, 11) is 1.62. The quantitative estimate of drug-likeness (QED) is 0.804. The average molecular weight is 296 g/mol. The van der Waals surface area contributed by atoms with Crippen LogP contribution in [0.3, 0.4) is 0 Å². The van der Waals surface area contributed by atoms with Gasteiger partial charge in [-0.3, -0.25) is 9.78 Å². The number of ether oxygens (including phenoxy) is 1. The molecule has 0 saturated heterocycles. The lowest BCUT2D eigenvalue weighted by molar-refractivity contribution is 0.0995. The van der Waals surface area contributed by atoms with Crippen LogP contribution in [-0.4, -0.2) is 17.9 Å². The van der Waals surface area contributed by atoms with Gasteiger partial charge in [0.25, 0.3) is 0 Å². The average Bonchev–Trinajstić information content (AvgIpc) is 2.80. The number of aromatic nitrogens is 1. The van der Waals surface area contributed by atoms with Crippen LogP contribution in [0.15, 0.2) is 18.3 Å². The molecule has 0 N–H and O–H groups in total. The molecule has 0 atom stereocenters. The Labute approximate surface area is 121 Å². The van der Waals surface area contributed by atoms with Crippen LogP contribution in [0.2, 0.25) is 4.34 Å². The van der Waals surface area contributed by atoms with Gasteiger partial charge in [0.2, 0.25) is 0 Å². The first-order chi connectivity index (χ1) is 9.02. The maximum atomic E-state index is 12.1. The number of carbonyl (C=O) groups excluding carboxylic acids is 1. The van der Waals surface area contributed by atoms with Gasteiger partial charge in [-0.2, -0.15) is 0 Å². The van der Waals surface area contributed by atoms with Gasteiger partial charge in [-0.25, -0.2) is 0 Å². The van der Waals surface area contributed by atoms with E-state index in [0.717, 1.165) is 22.6 Å². The van der Waals surface area contributed by atoms with Crippen molar-refractivity contribution in [1.82, 2.24) is 4.98 Å². The Hall–Kier alpha value is -1.39. The maximum absolute atomic E-state index is 12.1. The molecule has 0 bridgehead atoms. The van der Waals surface area contributed by atoms with Crippen molar-refractivity contribution in [1.29, 1.82) is 0 Å². The standard InChI is InChI=1S/C14H14ClNO2S/c1-8-7-16-10(9(2)14(8)18-3)6-11(17)12-4-5-13(15)19-12/h4-5,7H,6H2,1-3H3. The highest BCUT2D eigenvalue weighted by Crippen LogP contribution is 2.26. The molecular weight excluding hydrogens is 282 g/mol. The Kier molecular flexibility index (Phi) is 4.22. The second-order valence-corrected chi connectivity index (χ2v) is 5.96. The molecule has 3 nitrogen and oxygen atoms in total. The molecule has 5 heteroatoms. The predicted octanol–water partition coefficient (Wildman–Crippen LogP) is 3.85. The Morgan fingerprint density at radius 2 is 2.16 bits per heavy atom. The molecular formula is C14H14ClNO2S. The summed E-state index contributed by atoms with van der Waals surface area (Å²) in [5.41, 5.74) is 2.63. The number of aryl methyl sites for hydroxylation is 1. The van der Waals surface area contributed by atoms with E-state index in [1.165, 1.54) is 11.3 Å². The molecule has 0 unspecified atom stereocenters. The van der Waals surface area contributed by atoms with Crippen molar-refractivity contribution in [3.05, 3.63) is 44.4 Å². The number of halogens is 1. The lowest BCUT2D eigenvalue weighted by Crippen LogP contribution is -2.07. The SMILES string of the molecule is COc1c(C)cnc(CC(=O)c2ccc(Cl)s2)c1C. The van der Waals surface area contributed by atoms with Crippen molar-refractivity contribution < 1.29 is 9.53 Å². The van der Waals surface area contributed by atoms with Gasteiger partial charge in [0, 0.05) is 17.3 Å². The Bertz CT molecular complexity index is 622. The Morgan fingerprint density at radius 3 is 2.74 bits per heavy atom. The van der Waals surface area contributed by atoms with Gasteiger partial charge in [0.15, 0.2) is 5.78 Å². The van der Waals surface area contributed by atoms with Crippen LogP contribution in [-0.2, 0) is 6.42 Å². The molecule has 0 aliphatic rings. The largest absolute Gasteiger partial charge is 0.496 e. The summed E-state index contributed by atoms with van der Waals surface area (Å²) in [6, 6.07) is 3.48. The minimum absolute atomic E-state index is 0.0263. The van der Waals surface area contributed by atoms with Gasteiger partial charge in [0.05, 0.1) is 28.4 Å². The van der Waals surface area contributed by atoms with Gasteiger partial charge in [0.1, 0.15) is 5.75 Å². The number of rotatable bonds is 4. The topological polar surface area (TPSA) is 39.2 Å². The third kappa shape index (κ3) is 2.96. The van der Waals surface area contributed by atoms with Crippen LogP contribution in [0.1, 0.15) is 26.5 Å². The fourth-order valence-electron chi connectivity index (χ4n) is 1.95. The summed E-state index contributed by atoms with van der Waals surface area (Å²) in [5, 5.41) is 0. The summed E-state index contributed by atoms with van der Waals surface area (Å²) in [4.78, 5) is 17.1. The number of carbonyl (C=O) groups is 1. The first kappa shape index (κ1) is 14.0. The van der Waals surface area contributed by atoms with E-state index < -0.39 is 0 Å². The number of hydrogen-bond donors (Lipinski definition) is 0. The lowest BCUT2D eigenvalue weighted by atomic mass is 10.1. The van der Waals surface area contributed by atoms with Crippen molar-refractivity contribution in [2.45, 2.75) is 20.3 Å². The number of hydrogen-bond acceptors (Lipinski definition) is 4. The summed E-state index contributed by atoms with van der Waals surface area (Å²) < 4.78 is 5.96. The molecule has 19 heavy (non-hydrogen) atoms. The van der Waals surface area contributed by atoms with E-state index in [1.54, 1.807) is 25.4 Å². The molecule has 0 saturated carbocycles. The van der Waals surface area contributed by atoms with Crippen molar-refractivity contribution in [2.24, 2.45) is 0 Å². The van der Waals surface area contributed by atoms with Crippen molar-refractivity contribution >= 4 is 28.7 Å². The maximum Gasteiger partial charge on any atom is 0.178 e. The van der Waals surface area contributed by atoms with Crippen LogP contribution in [0.4, 0.5) is 0 Å². The zero-order chi connectivity index (χ0) is 14.0. The molecule has 2 aromatic rings. The molecule has 0 fully saturated rings. The molecule has 0 spiro atoms. The number of nitrogens with zero attached hydrogens (tertiary/aromatic N) is 1. The number of pyridine rings is 1. The third-order valence-corrected chi connectivity index (χ3v) is 4.20. The molecule has 0 aliphatic carbocycles. The van der Waals surface area contributed by atoms with Crippen LogP contribution in [0, 0.1) is 13.8 Å². The van der Waals surface area contributed by atoms with Crippen molar-refractivity contribution in [3.8, 4) is 5.75 Å². The van der Waals surface area contributed by atoms with Crippen molar-refractivity contribution in [2.75, 3.05) is 7.11 Å². The fourth-order valence-corrected chi connectivity index (χ4v) is 2.93. The number of methoxy groups -OCH3 is 1. The highest BCUT2D eigenvalue weighted by atomic mass is 35.5. The Balaban J connectivity index is 2.27. The van der Waals surface area contributed by atoms with Crippen molar-refractivity contribution in [3.63, 3.8) is 0 Å². The first-order valence-electron chi connectivity index (χ1n) is 5.80. The van der Waals surface area contributed by atoms with Crippen LogP contribution < -0.4 is 4.74 Å². The molecule has 2 rings (SSSR count). The van der Waals surface area contributed by atoms with Crippen LogP contribution >= 0.6 is 22.9 Å². The summed E-state index contributed by atoms with van der Waals surface area (Å²) >= 11 is 7.13. The van der Waals surface area contributed by atoms with Crippen LogP contribution in [0.5, 0.6) is 5.75 Å². The van der Waals surface area contributed by atoms with Gasteiger partial charge in [-0.05, 0) is 26.0 Å². The van der Waals surface area contributed by atoms with Gasteiger partial charge >= 0.3 is 0 Å². The van der Waals surface area contributed by atoms with Crippen LogP contribution in [0.25, 0.3) is 0 Å². The molecule has 0 aromatic carbocycles. The first-order valence-corrected chi connectivity index (χ1v) is 7.00. The second-order valence-electron chi connectivity index (χ2n) is 4.25. The van der Waals surface area contributed by atoms with E-state index in [2.05, 4.69) is 4.98 Å². The smallest absolute Gasteiger partial charge is 0.178 e. The van der Waals surface area contributed by atoms with E-state index in [9.17, 15) is 4.79 Å². The highest BCUT2D eigenvalue weighted by Gasteiger charge is 2.15. The fraction of sp³-hybridized carbons (Fsp3) is 0.286. The minimum atomic E-state index is 0.0263. The normalized spacial score (nSPS) is 10.5. The third-order valence-electron chi connectivity index (χ3n) is 2.93. The number of Topliss-reactive ketones (excluding diaryl/α,β-unsaturated/α-hetero) is 1. The van der Waals surface area contributed by atoms with E-state index >= 15 is 0 Å². The zero-order valence-electron chi connectivity index (χ0n) is 11.0. The monoisotopic (exact) mass is 295 g/mol.